The molecule has 0 aliphatic heterocycles. The first-order chi connectivity index (χ1) is 11.7. The molecule has 1 amide bonds. The van der Waals surface area contributed by atoms with E-state index < -0.39 is 0 Å². The fraction of sp³-hybridized carbons (Fsp3) is 0.556. The molecule has 0 radical (unpaired) electrons. The highest BCUT2D eigenvalue weighted by molar-refractivity contribution is 5.94. The van der Waals surface area contributed by atoms with Crippen molar-refractivity contribution in [3.05, 3.63) is 35.4 Å². The minimum atomic E-state index is -0.0595. The van der Waals surface area contributed by atoms with Crippen LogP contribution in [0.5, 0.6) is 0 Å². The van der Waals surface area contributed by atoms with Gasteiger partial charge in [0, 0.05) is 46.5 Å². The summed E-state index contributed by atoms with van der Waals surface area (Å²) in [6, 6.07) is 7.68. The predicted molar refractivity (Wildman–Crippen MR) is 98.6 cm³/mol. The topological polar surface area (TPSA) is 74.8 Å². The molecule has 24 heavy (non-hydrogen) atoms. The molecule has 0 spiro atoms. The van der Waals surface area contributed by atoms with Gasteiger partial charge >= 0.3 is 0 Å². The maximum absolute atomic E-state index is 11.6. The molecule has 0 saturated heterocycles. The molecule has 3 N–H and O–H groups in total. The number of carbonyl (C=O) groups is 1. The van der Waals surface area contributed by atoms with E-state index >= 15 is 0 Å². The van der Waals surface area contributed by atoms with E-state index in [9.17, 15) is 4.79 Å². The van der Waals surface area contributed by atoms with Gasteiger partial charge in [0.15, 0.2) is 5.96 Å². The van der Waals surface area contributed by atoms with Crippen LogP contribution in [0.1, 0.15) is 35.2 Å². The van der Waals surface area contributed by atoms with E-state index in [-0.39, 0.29) is 5.91 Å². The van der Waals surface area contributed by atoms with E-state index in [4.69, 9.17) is 4.74 Å². The summed E-state index contributed by atoms with van der Waals surface area (Å²) in [6.45, 7) is 2.48. The average Bonchev–Trinajstić information content (AvgIpc) is 2.62. The maximum Gasteiger partial charge on any atom is 0.251 e. The Bertz CT molecular complexity index is 517. The molecule has 0 unspecified atom stereocenters. The lowest BCUT2D eigenvalue weighted by atomic mass is 10.1. The van der Waals surface area contributed by atoms with Crippen molar-refractivity contribution in [2.24, 2.45) is 4.99 Å². The van der Waals surface area contributed by atoms with Crippen LogP contribution < -0.4 is 16.0 Å². The standard InChI is InChI=1S/C18H30N4O2/c1-19-17(23)16-9-7-8-15(14-16)10-12-22-18(20-2)21-11-5-4-6-13-24-3/h7-9,14H,4-6,10-13H2,1-3H3,(H,19,23)(H2,20,21,22). The molecular formula is C18H30N4O2. The Morgan fingerprint density at radius 1 is 1.17 bits per heavy atom. The van der Waals surface area contributed by atoms with E-state index in [1.54, 1.807) is 21.2 Å². The number of hydrogen-bond donors (Lipinski definition) is 3. The van der Waals surface area contributed by atoms with Gasteiger partial charge in [0.1, 0.15) is 0 Å². The summed E-state index contributed by atoms with van der Waals surface area (Å²) in [5.41, 5.74) is 1.81. The largest absolute Gasteiger partial charge is 0.385 e. The van der Waals surface area contributed by atoms with Crippen LogP contribution in [0.3, 0.4) is 0 Å². The zero-order chi connectivity index (χ0) is 17.6. The van der Waals surface area contributed by atoms with Crippen molar-refractivity contribution in [2.45, 2.75) is 25.7 Å². The molecule has 0 bridgehead atoms. The summed E-state index contributed by atoms with van der Waals surface area (Å²) >= 11 is 0. The number of nitrogens with zero attached hydrogens (tertiary/aromatic N) is 1. The van der Waals surface area contributed by atoms with Crippen LogP contribution in [-0.4, -0.2) is 52.8 Å². The Morgan fingerprint density at radius 2 is 1.96 bits per heavy atom. The molecule has 1 rings (SSSR count). The monoisotopic (exact) mass is 334 g/mol. The van der Waals surface area contributed by atoms with Gasteiger partial charge in [-0.25, -0.2) is 0 Å². The minimum Gasteiger partial charge on any atom is -0.385 e. The third-order valence-electron chi connectivity index (χ3n) is 3.66. The van der Waals surface area contributed by atoms with Gasteiger partial charge in [-0.1, -0.05) is 12.1 Å². The lowest BCUT2D eigenvalue weighted by Gasteiger charge is -2.12. The highest BCUT2D eigenvalue weighted by Gasteiger charge is 2.04. The third-order valence-corrected chi connectivity index (χ3v) is 3.66. The van der Waals surface area contributed by atoms with Gasteiger partial charge in [-0.2, -0.15) is 0 Å². The Hall–Kier alpha value is -2.08. The summed E-state index contributed by atoms with van der Waals surface area (Å²) in [4.78, 5) is 15.9. The van der Waals surface area contributed by atoms with Gasteiger partial charge in [0.2, 0.25) is 0 Å². The second-order valence-electron chi connectivity index (χ2n) is 5.51. The Kier molecular flexibility index (Phi) is 10.3. The van der Waals surface area contributed by atoms with Crippen LogP contribution in [-0.2, 0) is 11.2 Å². The molecule has 0 atom stereocenters. The highest BCUT2D eigenvalue weighted by Crippen LogP contribution is 2.05. The van der Waals surface area contributed by atoms with Crippen molar-refractivity contribution >= 4 is 11.9 Å². The number of guanidine groups is 1. The summed E-state index contributed by atoms with van der Waals surface area (Å²) in [5, 5.41) is 9.24. The molecule has 6 heteroatoms. The van der Waals surface area contributed by atoms with E-state index in [1.165, 1.54) is 0 Å². The van der Waals surface area contributed by atoms with E-state index in [0.717, 1.165) is 56.9 Å². The fourth-order valence-electron chi connectivity index (χ4n) is 2.31. The van der Waals surface area contributed by atoms with Gasteiger partial charge in [0.05, 0.1) is 0 Å². The predicted octanol–water partition coefficient (Wildman–Crippen LogP) is 1.57. The number of rotatable bonds is 10. The van der Waals surface area contributed by atoms with E-state index in [2.05, 4.69) is 20.9 Å². The maximum atomic E-state index is 11.6. The van der Waals surface area contributed by atoms with Crippen molar-refractivity contribution in [1.82, 2.24) is 16.0 Å². The van der Waals surface area contributed by atoms with Crippen LogP contribution in [0.25, 0.3) is 0 Å². The molecule has 0 aliphatic rings. The van der Waals surface area contributed by atoms with Crippen molar-refractivity contribution in [2.75, 3.05) is 40.9 Å². The Balaban J connectivity index is 2.28. The summed E-state index contributed by atoms with van der Waals surface area (Å²) in [7, 11) is 5.14. The van der Waals surface area contributed by atoms with Crippen molar-refractivity contribution in [3.8, 4) is 0 Å². The molecular weight excluding hydrogens is 304 g/mol. The first kappa shape index (κ1) is 20.0. The smallest absolute Gasteiger partial charge is 0.251 e. The van der Waals surface area contributed by atoms with Gasteiger partial charge in [-0.05, 0) is 43.4 Å². The number of ether oxygens (including phenoxy) is 1. The zero-order valence-electron chi connectivity index (χ0n) is 15.0. The molecule has 134 valence electrons. The average molecular weight is 334 g/mol. The molecule has 0 heterocycles. The number of hydrogen-bond acceptors (Lipinski definition) is 3. The fourth-order valence-corrected chi connectivity index (χ4v) is 2.31. The lowest BCUT2D eigenvalue weighted by molar-refractivity contribution is 0.0963. The summed E-state index contributed by atoms with van der Waals surface area (Å²) in [6.07, 6.45) is 4.16. The van der Waals surface area contributed by atoms with Crippen LogP contribution in [0, 0.1) is 0 Å². The number of benzene rings is 1. The van der Waals surface area contributed by atoms with Gasteiger partial charge in [0.25, 0.3) is 5.91 Å². The second kappa shape index (κ2) is 12.4. The second-order valence-corrected chi connectivity index (χ2v) is 5.51. The first-order valence-electron chi connectivity index (χ1n) is 8.45. The number of unbranched alkanes of at least 4 members (excludes halogenated alkanes) is 2. The molecule has 1 aromatic carbocycles. The highest BCUT2D eigenvalue weighted by atomic mass is 16.5. The van der Waals surface area contributed by atoms with Crippen molar-refractivity contribution in [3.63, 3.8) is 0 Å². The number of aliphatic imine (C=N–C) groups is 1. The van der Waals surface area contributed by atoms with E-state index in [1.807, 2.05) is 24.3 Å². The Labute approximate surface area is 145 Å². The molecule has 0 fully saturated rings. The quantitative estimate of drug-likeness (QED) is 0.345. The van der Waals surface area contributed by atoms with Crippen LogP contribution >= 0.6 is 0 Å². The van der Waals surface area contributed by atoms with Crippen molar-refractivity contribution < 1.29 is 9.53 Å². The molecule has 0 aliphatic carbocycles. The third kappa shape index (κ3) is 7.97. The Morgan fingerprint density at radius 3 is 2.67 bits per heavy atom. The summed E-state index contributed by atoms with van der Waals surface area (Å²) in [5.74, 6) is 0.750. The number of nitrogens with one attached hydrogen (secondary N) is 3. The summed E-state index contributed by atoms with van der Waals surface area (Å²) < 4.78 is 5.03. The minimum absolute atomic E-state index is 0.0595. The molecule has 1 aromatic rings. The molecule has 0 saturated carbocycles. The lowest BCUT2D eigenvalue weighted by Crippen LogP contribution is -2.38. The number of methoxy groups -OCH3 is 1. The first-order valence-corrected chi connectivity index (χ1v) is 8.45. The van der Waals surface area contributed by atoms with Gasteiger partial charge < -0.3 is 20.7 Å². The van der Waals surface area contributed by atoms with Gasteiger partial charge in [-0.15, -0.1) is 0 Å². The van der Waals surface area contributed by atoms with Crippen molar-refractivity contribution in [1.29, 1.82) is 0 Å². The van der Waals surface area contributed by atoms with E-state index in [0.29, 0.717) is 5.56 Å². The number of carbonyl (C=O) groups excluding carboxylic acids is 1. The van der Waals surface area contributed by atoms with Crippen LogP contribution in [0.2, 0.25) is 0 Å². The van der Waals surface area contributed by atoms with Gasteiger partial charge in [-0.3, -0.25) is 9.79 Å². The number of amides is 1. The normalized spacial score (nSPS) is 11.2. The van der Waals surface area contributed by atoms with Crippen LogP contribution in [0.4, 0.5) is 0 Å². The molecule has 0 aromatic heterocycles. The zero-order valence-corrected chi connectivity index (χ0v) is 15.0. The van der Waals surface area contributed by atoms with Crippen LogP contribution in [0.15, 0.2) is 29.3 Å². The molecule has 6 nitrogen and oxygen atoms in total. The SMILES string of the molecule is CN=C(NCCCCCOC)NCCc1cccc(C(=O)NC)c1.